The van der Waals surface area contributed by atoms with Crippen molar-refractivity contribution in [2.75, 3.05) is 98.1 Å². The molecular formula is C28H41Cl2N4O11S2+. The average Bonchev–Trinajstić information content (AvgIpc) is 3.00. The van der Waals surface area contributed by atoms with Crippen LogP contribution in [0.5, 0.6) is 0 Å². The Bertz CT molecular complexity index is 1370. The lowest BCUT2D eigenvalue weighted by Gasteiger charge is -2.46. The first-order valence-electron chi connectivity index (χ1n) is 14.8. The van der Waals surface area contributed by atoms with Gasteiger partial charge in [0.1, 0.15) is 12.3 Å². The number of carboxylic acid groups (broad SMARTS) is 3. The van der Waals surface area contributed by atoms with Crippen LogP contribution < -0.4 is 0 Å². The summed E-state index contributed by atoms with van der Waals surface area (Å²) in [6.45, 7) is 5.33. The number of likely N-dealkylation sites (N-methyl/N-ethyl adjacent to an activating group) is 1. The monoisotopic (exact) mass is 743 g/mol. The van der Waals surface area contributed by atoms with Crippen molar-refractivity contribution in [3.8, 4) is 0 Å². The predicted molar refractivity (Wildman–Crippen MR) is 175 cm³/mol. The molecule has 0 aromatic heterocycles. The highest BCUT2D eigenvalue weighted by molar-refractivity contribution is 7.91. The molecule has 19 heteroatoms. The second kappa shape index (κ2) is 17.0. The minimum absolute atomic E-state index is 0.0337. The SMILES string of the molecule is C[N+](CCS(=O)(=O)c1cc(Cl)cc(Cl)c1)(C(=S)N(CCN1CCOCC1)CCN1CCOCC1)C(C(=O)O)C(O)(CC(=O)O)C(=O)O. The quantitative estimate of drug-likeness (QED) is 0.132. The van der Waals surface area contributed by atoms with Gasteiger partial charge in [0.2, 0.25) is 11.6 Å². The predicted octanol–water partition coefficient (Wildman–Crippen LogP) is 0.209. The Kier molecular flexibility index (Phi) is 14.2. The van der Waals surface area contributed by atoms with E-state index in [0.29, 0.717) is 65.7 Å². The molecule has 0 aliphatic carbocycles. The molecule has 47 heavy (non-hydrogen) atoms. The van der Waals surface area contributed by atoms with Crippen LogP contribution in [0.25, 0.3) is 0 Å². The van der Waals surface area contributed by atoms with Gasteiger partial charge in [0.15, 0.2) is 9.84 Å². The number of nitrogens with zero attached hydrogens (tertiary/aromatic N) is 4. The fraction of sp³-hybridized carbons (Fsp3) is 0.643. The number of hydrogen-bond acceptors (Lipinski definition) is 11. The number of benzene rings is 1. The minimum Gasteiger partial charge on any atom is -0.481 e. The molecule has 264 valence electrons. The molecule has 0 radical (unpaired) electrons. The van der Waals surface area contributed by atoms with Gasteiger partial charge in [-0.1, -0.05) is 23.2 Å². The Labute approximate surface area is 288 Å². The van der Waals surface area contributed by atoms with E-state index in [-0.39, 0.29) is 33.1 Å². The molecule has 2 saturated heterocycles. The number of quaternary nitrogens is 1. The van der Waals surface area contributed by atoms with Gasteiger partial charge in [-0.25, -0.2) is 18.0 Å². The second-order valence-electron chi connectivity index (χ2n) is 11.6. The lowest BCUT2D eigenvalue weighted by Crippen LogP contribution is -2.73. The van der Waals surface area contributed by atoms with Crippen molar-refractivity contribution in [1.29, 1.82) is 0 Å². The van der Waals surface area contributed by atoms with Crippen LogP contribution >= 0.6 is 35.4 Å². The summed E-state index contributed by atoms with van der Waals surface area (Å²) < 4.78 is 36.8. The number of carbonyl (C=O) groups is 3. The van der Waals surface area contributed by atoms with Crippen molar-refractivity contribution in [2.24, 2.45) is 0 Å². The zero-order valence-corrected chi connectivity index (χ0v) is 29.1. The number of aliphatic hydroxyl groups is 1. The summed E-state index contributed by atoms with van der Waals surface area (Å²) in [6.07, 6.45) is -1.49. The smallest absolute Gasteiger partial charge is 0.366 e. The standard InChI is InChI=1S/C28H40Cl2N4O11S2/c1-34(24(25(37)38)28(41,26(39)40)19-23(35)36,10-15-47(42,43)22-17-20(29)16-21(30)18-22)27(46)33(4-2-31-6-11-44-12-7-31)5-3-32-8-13-45-14-9-32/h16-18,24,41H,2-15,19H2,1H3,(H2-,35,36,37,38,39,40)/p+1. The van der Waals surface area contributed by atoms with Gasteiger partial charge in [-0.2, -0.15) is 0 Å². The molecule has 1 aromatic carbocycles. The van der Waals surface area contributed by atoms with Crippen LogP contribution in [0, 0.1) is 0 Å². The highest BCUT2D eigenvalue weighted by Gasteiger charge is 2.62. The van der Waals surface area contributed by atoms with Crippen LogP contribution in [0.3, 0.4) is 0 Å². The first-order valence-corrected chi connectivity index (χ1v) is 17.7. The van der Waals surface area contributed by atoms with E-state index in [9.17, 15) is 43.2 Å². The van der Waals surface area contributed by atoms with Gasteiger partial charge < -0.3 is 34.8 Å². The van der Waals surface area contributed by atoms with Gasteiger partial charge in [0.05, 0.1) is 44.8 Å². The summed E-state index contributed by atoms with van der Waals surface area (Å²) in [5, 5.41) is 41.3. The number of morpholine rings is 2. The fourth-order valence-electron chi connectivity index (χ4n) is 5.71. The molecule has 2 aliphatic heterocycles. The van der Waals surface area contributed by atoms with E-state index >= 15 is 0 Å². The van der Waals surface area contributed by atoms with Crippen LogP contribution in [0.4, 0.5) is 0 Å². The van der Waals surface area contributed by atoms with Crippen molar-refractivity contribution in [2.45, 2.75) is 23.0 Å². The topological polar surface area (TPSA) is 194 Å². The third-order valence-corrected chi connectivity index (χ3v) is 11.1. The zero-order chi connectivity index (χ0) is 35.0. The third-order valence-electron chi connectivity index (χ3n) is 8.35. The Morgan fingerprint density at radius 2 is 1.43 bits per heavy atom. The van der Waals surface area contributed by atoms with Crippen LogP contribution in [0.15, 0.2) is 23.1 Å². The van der Waals surface area contributed by atoms with Gasteiger partial charge >= 0.3 is 17.9 Å². The maximum absolute atomic E-state index is 13.6. The summed E-state index contributed by atoms with van der Waals surface area (Å²) in [4.78, 5) is 42.8. The van der Waals surface area contributed by atoms with E-state index < -0.39 is 62.6 Å². The number of hydrogen-bond donors (Lipinski definition) is 4. The van der Waals surface area contributed by atoms with Gasteiger partial charge in [-0.3, -0.25) is 19.1 Å². The Morgan fingerprint density at radius 3 is 1.83 bits per heavy atom. The Hall–Kier alpha value is -2.19. The van der Waals surface area contributed by atoms with Crippen LogP contribution in [-0.2, 0) is 33.7 Å². The molecule has 2 heterocycles. The molecule has 1 aromatic rings. The van der Waals surface area contributed by atoms with Crippen LogP contribution in [0.1, 0.15) is 6.42 Å². The normalized spacial score (nSPS) is 19.7. The molecule has 2 fully saturated rings. The molecule has 4 N–H and O–H groups in total. The van der Waals surface area contributed by atoms with Gasteiger partial charge in [0, 0.05) is 74.6 Å². The molecule has 2 aliphatic rings. The zero-order valence-electron chi connectivity index (χ0n) is 25.9. The molecule has 0 saturated carbocycles. The molecule has 0 bridgehead atoms. The summed E-state index contributed by atoms with van der Waals surface area (Å²) in [5.74, 6) is -6.56. The molecule has 0 amide bonds. The summed E-state index contributed by atoms with van der Waals surface area (Å²) >= 11 is 18.0. The van der Waals surface area contributed by atoms with Crippen molar-refractivity contribution in [1.82, 2.24) is 14.7 Å². The number of thiocarbonyl (C=S) groups is 1. The van der Waals surface area contributed by atoms with Crippen molar-refractivity contribution < 1.29 is 57.2 Å². The fourth-order valence-corrected chi connectivity index (χ4v) is 8.21. The van der Waals surface area contributed by atoms with Crippen molar-refractivity contribution in [3.63, 3.8) is 0 Å². The Balaban J connectivity index is 2.09. The molecule has 15 nitrogen and oxygen atoms in total. The summed E-state index contributed by atoms with van der Waals surface area (Å²) in [5.41, 5.74) is -3.39. The average molecular weight is 745 g/mol. The summed E-state index contributed by atoms with van der Waals surface area (Å²) in [6, 6.07) is 1.22. The van der Waals surface area contributed by atoms with Crippen molar-refractivity contribution >= 4 is 68.3 Å². The maximum atomic E-state index is 13.6. The second-order valence-corrected chi connectivity index (χ2v) is 15.0. The highest BCUT2D eigenvalue weighted by atomic mass is 35.5. The molecule has 3 rings (SSSR count). The number of ether oxygens (including phenoxy) is 2. The number of rotatable bonds is 16. The molecule has 0 spiro atoms. The number of aliphatic carboxylic acids is 3. The van der Waals surface area contributed by atoms with E-state index in [1.54, 1.807) is 4.90 Å². The van der Waals surface area contributed by atoms with E-state index in [1.807, 2.05) is 0 Å². The molecular weight excluding hydrogens is 703 g/mol. The number of halogens is 2. The summed E-state index contributed by atoms with van der Waals surface area (Å²) in [7, 11) is -3.05. The number of sulfone groups is 1. The van der Waals surface area contributed by atoms with Crippen LogP contribution in [-0.4, -0.2) is 181 Å². The van der Waals surface area contributed by atoms with Gasteiger partial charge in [0.25, 0.3) is 5.11 Å². The largest absolute Gasteiger partial charge is 0.481 e. The molecule has 3 atom stereocenters. The van der Waals surface area contributed by atoms with Crippen LogP contribution in [0.2, 0.25) is 10.0 Å². The lowest BCUT2D eigenvalue weighted by atomic mass is 9.87. The lowest BCUT2D eigenvalue weighted by molar-refractivity contribution is -0.845. The number of carboxylic acids is 3. The first kappa shape index (κ1) is 39.3. The highest BCUT2D eigenvalue weighted by Crippen LogP contribution is 2.31. The third kappa shape index (κ3) is 10.4. The van der Waals surface area contributed by atoms with E-state index in [4.69, 9.17) is 44.9 Å². The minimum atomic E-state index is -4.25. The van der Waals surface area contributed by atoms with Crippen molar-refractivity contribution in [3.05, 3.63) is 28.2 Å². The van der Waals surface area contributed by atoms with Gasteiger partial charge in [-0.05, 0) is 18.2 Å². The maximum Gasteiger partial charge on any atom is 0.366 e. The Morgan fingerprint density at radius 1 is 0.957 bits per heavy atom. The van der Waals surface area contributed by atoms with E-state index in [1.165, 1.54) is 13.1 Å². The van der Waals surface area contributed by atoms with E-state index in [2.05, 4.69) is 9.80 Å². The first-order chi connectivity index (χ1) is 22.0. The van der Waals surface area contributed by atoms with Gasteiger partial charge in [-0.15, -0.1) is 0 Å². The van der Waals surface area contributed by atoms with E-state index in [0.717, 1.165) is 12.1 Å². The molecule has 3 unspecified atom stereocenters.